The molecule has 2 aromatic carbocycles. The zero-order valence-electron chi connectivity index (χ0n) is 22.9. The van der Waals surface area contributed by atoms with Crippen LogP contribution in [-0.2, 0) is 6.18 Å². The molecule has 0 spiro atoms. The third-order valence-electron chi connectivity index (χ3n) is 6.37. The Morgan fingerprint density at radius 1 is 1.24 bits per heavy atom. The third kappa shape index (κ3) is 8.67. The van der Waals surface area contributed by atoms with Crippen molar-refractivity contribution < 1.29 is 18.0 Å². The second-order valence-corrected chi connectivity index (χ2v) is 9.90. The van der Waals surface area contributed by atoms with Crippen molar-refractivity contribution in [1.29, 1.82) is 5.41 Å². The maximum absolute atomic E-state index is 12.2. The minimum atomic E-state index is -4.52. The molecule has 0 radical (unpaired) electrons. The molecule has 1 aliphatic rings. The average molecular weight is 586 g/mol. The number of aldehydes is 1. The zero-order chi connectivity index (χ0) is 30.2. The van der Waals surface area contributed by atoms with Gasteiger partial charge in [-0.2, -0.15) is 13.2 Å². The number of aromatic nitrogens is 2. The van der Waals surface area contributed by atoms with E-state index >= 15 is 0 Å². The molecule has 0 bridgehead atoms. The quantitative estimate of drug-likeness (QED) is 0.177. The molecule has 41 heavy (non-hydrogen) atoms. The minimum Gasteiger partial charge on any atom is -0.388 e. The molecular weight excluding hydrogens is 555 g/mol. The second kappa shape index (κ2) is 14.0. The van der Waals surface area contributed by atoms with E-state index in [2.05, 4.69) is 44.4 Å². The number of benzene rings is 2. The van der Waals surface area contributed by atoms with Gasteiger partial charge in [-0.05, 0) is 69.1 Å². The van der Waals surface area contributed by atoms with Crippen LogP contribution in [0.15, 0.2) is 42.7 Å². The molecule has 3 aromatic rings. The van der Waals surface area contributed by atoms with Crippen molar-refractivity contribution in [1.82, 2.24) is 14.9 Å². The zero-order valence-corrected chi connectivity index (χ0v) is 23.6. The number of likely N-dealkylation sites (N-methyl/N-ethyl adjacent to an activating group) is 1. The molecule has 2 heterocycles. The first kappa shape index (κ1) is 31.4. The van der Waals surface area contributed by atoms with Crippen LogP contribution in [0.25, 0.3) is 0 Å². The summed E-state index contributed by atoms with van der Waals surface area (Å²) in [4.78, 5) is 20.9. The number of anilines is 3. The fourth-order valence-corrected chi connectivity index (χ4v) is 4.40. The van der Waals surface area contributed by atoms with Crippen LogP contribution in [0.1, 0.15) is 45.5 Å². The largest absolute Gasteiger partial charge is 0.417 e. The molecule has 1 aromatic heterocycles. The van der Waals surface area contributed by atoms with Gasteiger partial charge >= 0.3 is 6.18 Å². The van der Waals surface area contributed by atoms with Gasteiger partial charge in [-0.15, -0.1) is 0 Å². The first-order valence-electron chi connectivity index (χ1n) is 12.7. The van der Waals surface area contributed by atoms with Crippen LogP contribution in [0.4, 0.5) is 30.5 Å². The highest BCUT2D eigenvalue weighted by Crippen LogP contribution is 2.34. The summed E-state index contributed by atoms with van der Waals surface area (Å²) in [5.74, 6) is 6.86. The number of nitrogen functional groups attached to an aromatic ring is 1. The average Bonchev–Trinajstić information content (AvgIpc) is 2.92. The number of carbonyl (C=O) groups is 1. The first-order chi connectivity index (χ1) is 19.4. The van der Waals surface area contributed by atoms with Gasteiger partial charge in [0.2, 0.25) is 0 Å². The molecule has 1 aliphatic heterocycles. The summed E-state index contributed by atoms with van der Waals surface area (Å²) >= 11 is 5.30. The molecule has 0 saturated carbocycles. The van der Waals surface area contributed by atoms with Gasteiger partial charge in [-0.25, -0.2) is 9.97 Å². The smallest absolute Gasteiger partial charge is 0.388 e. The molecule has 1 fully saturated rings. The van der Waals surface area contributed by atoms with Crippen LogP contribution in [0, 0.1) is 24.2 Å². The highest BCUT2D eigenvalue weighted by molar-refractivity contribution is 6.31. The Morgan fingerprint density at radius 2 is 2.00 bits per heavy atom. The van der Waals surface area contributed by atoms with E-state index in [4.69, 9.17) is 22.7 Å². The molecular formula is C29H31ClF3N7O. The van der Waals surface area contributed by atoms with E-state index in [1.54, 1.807) is 0 Å². The van der Waals surface area contributed by atoms with Crippen LogP contribution in [-0.4, -0.2) is 60.1 Å². The molecule has 12 heteroatoms. The SMILES string of the molecule is CNc1ccc(C)c(C#CC(=N)c2c(N)ncnc2NC2CCCN(C)C2)c1.O=Cc1ccc(Cl)c(C(F)(F)F)c1. The number of alkyl halides is 3. The number of rotatable bonds is 5. The number of hydrogen-bond acceptors (Lipinski definition) is 8. The maximum atomic E-state index is 12.2. The fraction of sp³-hybridized carbons (Fsp3) is 0.310. The maximum Gasteiger partial charge on any atom is 0.417 e. The lowest BCUT2D eigenvalue weighted by Gasteiger charge is -2.31. The summed E-state index contributed by atoms with van der Waals surface area (Å²) in [6, 6.07) is 9.23. The highest BCUT2D eigenvalue weighted by atomic mass is 35.5. The lowest BCUT2D eigenvalue weighted by atomic mass is 10.0. The van der Waals surface area contributed by atoms with Crippen LogP contribution in [0.3, 0.4) is 0 Å². The van der Waals surface area contributed by atoms with E-state index in [0.717, 1.165) is 54.9 Å². The van der Waals surface area contributed by atoms with Crippen molar-refractivity contribution in [3.8, 4) is 11.8 Å². The van der Waals surface area contributed by atoms with Crippen molar-refractivity contribution in [2.24, 2.45) is 0 Å². The minimum absolute atomic E-state index is 0.0447. The number of nitrogens with zero attached hydrogens (tertiary/aromatic N) is 3. The molecule has 4 rings (SSSR count). The van der Waals surface area contributed by atoms with Gasteiger partial charge in [0, 0.05) is 36.4 Å². The van der Waals surface area contributed by atoms with Crippen molar-refractivity contribution in [3.63, 3.8) is 0 Å². The number of halogens is 4. The van der Waals surface area contributed by atoms with Gasteiger partial charge in [0.15, 0.2) is 0 Å². The molecule has 1 saturated heterocycles. The molecule has 5 N–H and O–H groups in total. The third-order valence-corrected chi connectivity index (χ3v) is 6.70. The number of nitrogens with one attached hydrogen (secondary N) is 3. The summed E-state index contributed by atoms with van der Waals surface area (Å²) in [5, 5.41) is 14.6. The van der Waals surface area contributed by atoms with Crippen LogP contribution in [0.2, 0.25) is 5.02 Å². The predicted molar refractivity (Wildman–Crippen MR) is 157 cm³/mol. The molecule has 1 unspecified atom stereocenters. The summed E-state index contributed by atoms with van der Waals surface area (Å²) in [6.07, 6.45) is -0.568. The summed E-state index contributed by atoms with van der Waals surface area (Å²) in [5.41, 5.74) is 8.53. The predicted octanol–water partition coefficient (Wildman–Crippen LogP) is 5.51. The normalized spacial score (nSPS) is 15.0. The number of carbonyl (C=O) groups excluding carboxylic acids is 1. The van der Waals surface area contributed by atoms with Crippen molar-refractivity contribution in [3.05, 3.63) is 75.6 Å². The Balaban J connectivity index is 0.000000298. The van der Waals surface area contributed by atoms with E-state index in [-0.39, 0.29) is 23.1 Å². The molecule has 216 valence electrons. The Hall–Kier alpha value is -4.14. The number of likely N-dealkylation sites (tertiary alicyclic amines) is 1. The van der Waals surface area contributed by atoms with Gasteiger partial charge in [0.05, 0.1) is 16.1 Å². The topological polar surface area (TPSA) is 120 Å². The monoisotopic (exact) mass is 585 g/mol. The van der Waals surface area contributed by atoms with E-state index in [9.17, 15) is 18.0 Å². The van der Waals surface area contributed by atoms with Gasteiger partial charge in [0.1, 0.15) is 30.0 Å². The number of piperidine rings is 1. The Kier molecular flexibility index (Phi) is 10.7. The Bertz CT molecular complexity index is 1470. The van der Waals surface area contributed by atoms with Gasteiger partial charge in [-0.1, -0.05) is 29.7 Å². The lowest BCUT2D eigenvalue weighted by Crippen LogP contribution is -2.40. The van der Waals surface area contributed by atoms with Gasteiger partial charge < -0.3 is 21.3 Å². The van der Waals surface area contributed by atoms with Crippen LogP contribution >= 0.6 is 11.6 Å². The van der Waals surface area contributed by atoms with E-state index in [0.29, 0.717) is 17.7 Å². The molecule has 0 amide bonds. The molecule has 1 atom stereocenters. The van der Waals surface area contributed by atoms with Gasteiger partial charge in [-0.3, -0.25) is 10.2 Å². The highest BCUT2D eigenvalue weighted by Gasteiger charge is 2.33. The number of nitrogens with two attached hydrogens (primary N) is 1. The second-order valence-electron chi connectivity index (χ2n) is 9.49. The molecule has 0 aliphatic carbocycles. The number of aryl methyl sites for hydroxylation is 1. The summed E-state index contributed by atoms with van der Waals surface area (Å²) in [6.45, 7) is 4.03. The van der Waals surface area contributed by atoms with E-state index in [1.807, 2.05) is 32.2 Å². The van der Waals surface area contributed by atoms with Crippen molar-refractivity contribution in [2.75, 3.05) is 43.6 Å². The Labute approximate surface area is 242 Å². The van der Waals surface area contributed by atoms with Crippen molar-refractivity contribution >= 4 is 40.9 Å². The van der Waals surface area contributed by atoms with Crippen LogP contribution in [0.5, 0.6) is 0 Å². The summed E-state index contributed by atoms with van der Waals surface area (Å²) in [7, 11) is 3.98. The standard InChI is InChI=1S/C21H27N7.C8H4ClF3O/c1-14-6-8-16(24-2)11-15(14)7-9-18(22)19-20(23)25-13-26-21(19)27-17-5-4-10-28(3)12-17;9-7-2-1-5(4-13)3-6(7)8(10,11)12/h6,8,11,13,17,22,24H,4-5,10,12H2,1-3H3,(H3,23,25,26,27);1-4H. The summed E-state index contributed by atoms with van der Waals surface area (Å²) < 4.78 is 36.5. The van der Waals surface area contributed by atoms with E-state index < -0.39 is 16.8 Å². The fourth-order valence-electron chi connectivity index (χ4n) is 4.17. The van der Waals surface area contributed by atoms with Crippen molar-refractivity contribution in [2.45, 2.75) is 32.0 Å². The van der Waals surface area contributed by atoms with Crippen LogP contribution < -0.4 is 16.4 Å². The number of hydrogen-bond donors (Lipinski definition) is 4. The molecule has 8 nitrogen and oxygen atoms in total. The van der Waals surface area contributed by atoms with Gasteiger partial charge in [0.25, 0.3) is 0 Å². The Morgan fingerprint density at radius 3 is 2.66 bits per heavy atom. The first-order valence-corrected chi connectivity index (χ1v) is 13.1. The lowest BCUT2D eigenvalue weighted by molar-refractivity contribution is -0.137. The van der Waals surface area contributed by atoms with E-state index in [1.165, 1.54) is 12.4 Å².